The average Bonchev–Trinajstić information content (AvgIpc) is 3.27. The van der Waals surface area contributed by atoms with Crippen LogP contribution in [-0.2, 0) is 14.3 Å². The van der Waals surface area contributed by atoms with Crippen molar-refractivity contribution in [2.24, 2.45) is 10.4 Å². The summed E-state index contributed by atoms with van der Waals surface area (Å²) in [7, 11) is 0. The van der Waals surface area contributed by atoms with Crippen LogP contribution in [-0.4, -0.2) is 36.8 Å². The molecule has 128 valence electrons. The quantitative estimate of drug-likeness (QED) is 0.861. The van der Waals surface area contributed by atoms with E-state index >= 15 is 0 Å². The standard InChI is InChI=1S/C17H18F2N2O3/c1-10-2-5-14(20-9-10)21-15(22)16(6-7-16)11-3-4-12-13(8-11)24-17(18,19)23-12/h2-4,8-9,12-14H,5-7H2,1H3,(H,21,22). The number of rotatable bonds is 3. The van der Waals surface area contributed by atoms with E-state index in [1.54, 1.807) is 24.4 Å². The number of amides is 1. The van der Waals surface area contributed by atoms with Gasteiger partial charge in [0.2, 0.25) is 5.91 Å². The van der Waals surface area contributed by atoms with Crippen molar-refractivity contribution in [3.8, 4) is 0 Å². The Morgan fingerprint density at radius 2 is 2.08 bits per heavy atom. The lowest BCUT2D eigenvalue weighted by Gasteiger charge is -2.24. The highest BCUT2D eigenvalue weighted by Gasteiger charge is 2.55. The van der Waals surface area contributed by atoms with Crippen molar-refractivity contribution in [3.05, 3.63) is 35.5 Å². The SMILES string of the molecule is CC1=CCC(NC(=O)C2(C3=CC4OC(F)(F)OC4C=C3)CC2)N=C1. The van der Waals surface area contributed by atoms with E-state index in [2.05, 4.69) is 19.8 Å². The summed E-state index contributed by atoms with van der Waals surface area (Å²) in [5.41, 5.74) is 1.13. The van der Waals surface area contributed by atoms with Crippen LogP contribution in [0.4, 0.5) is 8.78 Å². The molecule has 1 saturated carbocycles. The Kier molecular flexibility index (Phi) is 3.47. The number of halogens is 2. The zero-order chi connectivity index (χ0) is 16.9. The Bertz CT molecular complexity index is 692. The van der Waals surface area contributed by atoms with Gasteiger partial charge in [-0.25, -0.2) is 0 Å². The van der Waals surface area contributed by atoms with Crippen molar-refractivity contribution in [1.82, 2.24) is 5.32 Å². The first-order valence-electron chi connectivity index (χ1n) is 8.03. The van der Waals surface area contributed by atoms with Gasteiger partial charge in [-0.3, -0.25) is 19.3 Å². The molecule has 0 aromatic carbocycles. The van der Waals surface area contributed by atoms with E-state index < -0.39 is 23.9 Å². The number of hydrogen-bond acceptors (Lipinski definition) is 4. The van der Waals surface area contributed by atoms with Gasteiger partial charge in [0, 0.05) is 12.6 Å². The highest BCUT2D eigenvalue weighted by Crippen LogP contribution is 2.54. The van der Waals surface area contributed by atoms with Crippen LogP contribution in [0.25, 0.3) is 0 Å². The fraction of sp³-hybridized carbons (Fsp3) is 0.529. The molecule has 2 aliphatic carbocycles. The first kappa shape index (κ1) is 15.7. The molecule has 1 amide bonds. The van der Waals surface area contributed by atoms with Gasteiger partial charge in [-0.15, -0.1) is 8.78 Å². The van der Waals surface area contributed by atoms with E-state index in [-0.39, 0.29) is 12.1 Å². The third-order valence-electron chi connectivity index (χ3n) is 4.84. The van der Waals surface area contributed by atoms with Crippen molar-refractivity contribution in [2.75, 3.05) is 0 Å². The first-order chi connectivity index (χ1) is 11.4. The number of aliphatic imine (C=N–C) groups is 1. The molecule has 24 heavy (non-hydrogen) atoms. The highest BCUT2D eigenvalue weighted by atomic mass is 19.3. The normalized spacial score (nSPS) is 35.0. The van der Waals surface area contributed by atoms with E-state index in [1.807, 2.05) is 13.0 Å². The third-order valence-corrected chi connectivity index (χ3v) is 4.84. The molecule has 1 N–H and O–H groups in total. The van der Waals surface area contributed by atoms with Crippen LogP contribution >= 0.6 is 0 Å². The molecule has 3 unspecified atom stereocenters. The molecule has 0 aromatic rings. The van der Waals surface area contributed by atoms with Crippen molar-refractivity contribution >= 4 is 12.1 Å². The van der Waals surface area contributed by atoms with E-state index in [1.165, 1.54) is 0 Å². The monoisotopic (exact) mass is 336 g/mol. The number of ether oxygens (including phenoxy) is 2. The van der Waals surface area contributed by atoms with Crippen LogP contribution in [0.5, 0.6) is 0 Å². The summed E-state index contributed by atoms with van der Waals surface area (Å²) in [5, 5.41) is 2.94. The molecule has 4 rings (SSSR count). The number of fused-ring (bicyclic) bond motifs is 1. The molecule has 0 aromatic heterocycles. The smallest absolute Gasteiger partial charge is 0.333 e. The maximum atomic E-state index is 13.2. The van der Waals surface area contributed by atoms with Crippen LogP contribution in [0.1, 0.15) is 26.2 Å². The topological polar surface area (TPSA) is 59.9 Å². The number of hydrogen-bond donors (Lipinski definition) is 1. The molecule has 2 heterocycles. The van der Waals surface area contributed by atoms with Gasteiger partial charge < -0.3 is 5.32 Å². The van der Waals surface area contributed by atoms with Gasteiger partial charge in [0.1, 0.15) is 18.4 Å². The number of carbonyl (C=O) groups excluding carboxylic acids is 1. The Morgan fingerprint density at radius 1 is 1.33 bits per heavy atom. The minimum absolute atomic E-state index is 0.113. The summed E-state index contributed by atoms with van der Waals surface area (Å²) in [5.74, 6) is -0.113. The molecular formula is C17H18F2N2O3. The second kappa shape index (κ2) is 5.32. The van der Waals surface area contributed by atoms with Gasteiger partial charge in [-0.05, 0) is 37.0 Å². The molecule has 0 bridgehead atoms. The molecule has 0 spiro atoms. The van der Waals surface area contributed by atoms with E-state index in [4.69, 9.17) is 0 Å². The second-order valence-corrected chi connectivity index (χ2v) is 6.64. The van der Waals surface area contributed by atoms with Crippen molar-refractivity contribution in [1.29, 1.82) is 0 Å². The molecule has 1 saturated heterocycles. The van der Waals surface area contributed by atoms with Crippen LogP contribution in [0.15, 0.2) is 40.4 Å². The van der Waals surface area contributed by atoms with Crippen molar-refractivity contribution < 1.29 is 23.0 Å². The number of dihydropyridines is 1. The maximum absolute atomic E-state index is 13.2. The number of nitrogens with zero attached hydrogens (tertiary/aromatic N) is 1. The van der Waals surface area contributed by atoms with Gasteiger partial charge >= 0.3 is 6.29 Å². The summed E-state index contributed by atoms with van der Waals surface area (Å²) >= 11 is 0. The molecule has 2 fully saturated rings. The van der Waals surface area contributed by atoms with Crippen LogP contribution in [0, 0.1) is 5.41 Å². The van der Waals surface area contributed by atoms with Gasteiger partial charge in [-0.2, -0.15) is 0 Å². The summed E-state index contributed by atoms with van der Waals surface area (Å²) in [6, 6.07) is 0. The van der Waals surface area contributed by atoms with Gasteiger partial charge in [0.05, 0.1) is 5.41 Å². The fourth-order valence-corrected chi connectivity index (χ4v) is 3.28. The van der Waals surface area contributed by atoms with E-state index in [0.29, 0.717) is 24.8 Å². The predicted molar refractivity (Wildman–Crippen MR) is 82.4 cm³/mol. The van der Waals surface area contributed by atoms with Crippen molar-refractivity contribution in [2.45, 2.75) is 50.9 Å². The summed E-state index contributed by atoms with van der Waals surface area (Å²) < 4.78 is 35.5. The number of nitrogens with one attached hydrogen (secondary N) is 1. The molecular weight excluding hydrogens is 318 g/mol. The fourth-order valence-electron chi connectivity index (χ4n) is 3.28. The minimum Gasteiger partial charge on any atom is -0.333 e. The lowest BCUT2D eigenvalue weighted by molar-refractivity contribution is -0.347. The van der Waals surface area contributed by atoms with Crippen LogP contribution < -0.4 is 5.32 Å². The average molecular weight is 336 g/mol. The van der Waals surface area contributed by atoms with Crippen molar-refractivity contribution in [3.63, 3.8) is 0 Å². The van der Waals surface area contributed by atoms with E-state index in [9.17, 15) is 13.6 Å². The Hall–Kier alpha value is -1.86. The summed E-state index contributed by atoms with van der Waals surface area (Å²) in [6.07, 6.45) is 5.12. The van der Waals surface area contributed by atoms with E-state index in [0.717, 1.165) is 5.57 Å². The summed E-state index contributed by atoms with van der Waals surface area (Å²) in [4.78, 5) is 17.0. The van der Waals surface area contributed by atoms with Gasteiger partial charge in [-0.1, -0.05) is 18.2 Å². The van der Waals surface area contributed by atoms with Crippen LogP contribution in [0.2, 0.25) is 0 Å². The van der Waals surface area contributed by atoms with Crippen LogP contribution in [0.3, 0.4) is 0 Å². The molecule has 0 radical (unpaired) electrons. The second-order valence-electron chi connectivity index (χ2n) is 6.64. The molecule has 7 heteroatoms. The molecule has 5 nitrogen and oxygen atoms in total. The lowest BCUT2D eigenvalue weighted by atomic mass is 9.88. The van der Waals surface area contributed by atoms with Gasteiger partial charge in [0.15, 0.2) is 0 Å². The zero-order valence-corrected chi connectivity index (χ0v) is 13.2. The third kappa shape index (κ3) is 2.71. The lowest BCUT2D eigenvalue weighted by Crippen LogP contribution is -2.40. The largest absolute Gasteiger partial charge is 0.486 e. The predicted octanol–water partition coefficient (Wildman–Crippen LogP) is 2.46. The minimum atomic E-state index is -3.58. The number of alkyl halides is 2. The zero-order valence-electron chi connectivity index (χ0n) is 13.2. The number of allylic oxidation sites excluding steroid dienone is 2. The molecule has 3 atom stereocenters. The Balaban J connectivity index is 1.47. The molecule has 2 aliphatic heterocycles. The summed E-state index contributed by atoms with van der Waals surface area (Å²) in [6.45, 7) is 1.96. The highest BCUT2D eigenvalue weighted by molar-refractivity contribution is 5.90. The molecule has 4 aliphatic rings. The maximum Gasteiger partial charge on any atom is 0.486 e. The Labute approximate surface area is 138 Å². The first-order valence-corrected chi connectivity index (χ1v) is 8.03. The number of carbonyl (C=O) groups is 1. The van der Waals surface area contributed by atoms with Gasteiger partial charge in [0.25, 0.3) is 0 Å². The Morgan fingerprint density at radius 3 is 2.75 bits per heavy atom.